The van der Waals surface area contributed by atoms with Gasteiger partial charge in [0.2, 0.25) is 5.71 Å². The number of hydrogen-bond acceptors (Lipinski definition) is 5. The van der Waals surface area contributed by atoms with E-state index in [0.29, 0.717) is 10.8 Å². The monoisotopic (exact) mass is 183 g/mol. The summed E-state index contributed by atoms with van der Waals surface area (Å²) in [6, 6.07) is 1.91. The summed E-state index contributed by atoms with van der Waals surface area (Å²) < 4.78 is 6.33. The molecule has 2 heterocycles. The number of fused-ring (bicyclic) bond motifs is 1. The number of hydrogen-bond donors (Lipinski definition) is 2. The molecular formula is C7H9N3OS. The van der Waals surface area contributed by atoms with Gasteiger partial charge in [0.15, 0.2) is 11.0 Å². The normalized spacial score (nSPS) is 10.8. The van der Waals surface area contributed by atoms with Gasteiger partial charge in [0.25, 0.3) is 0 Å². The third-order valence-electron chi connectivity index (χ3n) is 1.46. The van der Waals surface area contributed by atoms with Crippen molar-refractivity contribution in [2.75, 3.05) is 17.6 Å². The van der Waals surface area contributed by atoms with Gasteiger partial charge in [-0.15, -0.1) is 0 Å². The molecule has 0 saturated carbocycles. The minimum Gasteiger partial charge on any atom is -0.421 e. The van der Waals surface area contributed by atoms with Crippen molar-refractivity contribution in [2.45, 2.75) is 6.92 Å². The average Bonchev–Trinajstić information content (AvgIpc) is 2.44. The molecule has 12 heavy (non-hydrogen) atoms. The number of nitrogens with two attached hydrogens (primary N) is 1. The van der Waals surface area contributed by atoms with E-state index in [-0.39, 0.29) is 0 Å². The van der Waals surface area contributed by atoms with Gasteiger partial charge in [-0.2, -0.15) is 4.98 Å². The van der Waals surface area contributed by atoms with Crippen LogP contribution in [-0.4, -0.2) is 11.5 Å². The van der Waals surface area contributed by atoms with E-state index in [1.807, 2.05) is 13.0 Å². The fraction of sp³-hybridized carbons (Fsp3) is 0.286. The van der Waals surface area contributed by atoms with Gasteiger partial charge in [0, 0.05) is 12.6 Å². The van der Waals surface area contributed by atoms with Crippen LogP contribution in [0, 0.1) is 0 Å². The topological polar surface area (TPSA) is 64.1 Å². The maximum atomic E-state index is 5.49. The highest BCUT2D eigenvalue weighted by molar-refractivity contribution is 7.22. The molecule has 0 spiro atoms. The maximum absolute atomic E-state index is 5.49. The van der Waals surface area contributed by atoms with E-state index >= 15 is 0 Å². The second-order valence-electron chi connectivity index (χ2n) is 2.36. The van der Waals surface area contributed by atoms with Gasteiger partial charge < -0.3 is 15.5 Å². The number of rotatable bonds is 2. The van der Waals surface area contributed by atoms with E-state index in [1.165, 1.54) is 11.3 Å². The van der Waals surface area contributed by atoms with Crippen molar-refractivity contribution in [3.05, 3.63) is 6.07 Å². The standard InChI is InChI=1S/C7H9N3OS/c1-2-9-5-3-4-6(11-5)10-7(8)12-4/h3,9H,2H2,1H3,(H2,8,10). The molecule has 0 amide bonds. The SMILES string of the molecule is CCNc1cc2sc(N)nc2o1. The van der Waals surface area contributed by atoms with Crippen molar-refractivity contribution in [3.8, 4) is 0 Å². The van der Waals surface area contributed by atoms with Crippen LogP contribution in [0.2, 0.25) is 0 Å². The average molecular weight is 183 g/mol. The number of anilines is 2. The van der Waals surface area contributed by atoms with Gasteiger partial charge in [-0.1, -0.05) is 11.3 Å². The molecule has 0 radical (unpaired) electrons. The highest BCUT2D eigenvalue weighted by Gasteiger charge is 2.06. The van der Waals surface area contributed by atoms with Crippen molar-refractivity contribution < 1.29 is 4.42 Å². The summed E-state index contributed by atoms with van der Waals surface area (Å²) in [7, 11) is 0. The Balaban J connectivity index is 2.43. The van der Waals surface area contributed by atoms with E-state index < -0.39 is 0 Å². The zero-order valence-electron chi connectivity index (χ0n) is 6.63. The largest absolute Gasteiger partial charge is 0.421 e. The summed E-state index contributed by atoms with van der Waals surface area (Å²) in [5, 5.41) is 3.61. The smallest absolute Gasteiger partial charge is 0.241 e. The third kappa shape index (κ3) is 1.12. The lowest BCUT2D eigenvalue weighted by Gasteiger charge is -1.93. The first-order valence-electron chi connectivity index (χ1n) is 3.69. The van der Waals surface area contributed by atoms with Crippen LogP contribution in [-0.2, 0) is 0 Å². The molecule has 0 aromatic carbocycles. The summed E-state index contributed by atoms with van der Waals surface area (Å²) in [4.78, 5) is 4.01. The molecule has 3 N–H and O–H groups in total. The quantitative estimate of drug-likeness (QED) is 0.746. The minimum atomic E-state index is 0.548. The van der Waals surface area contributed by atoms with Crippen molar-refractivity contribution in [3.63, 3.8) is 0 Å². The summed E-state index contributed by atoms with van der Waals surface area (Å²) in [5.41, 5.74) is 6.10. The van der Waals surface area contributed by atoms with Crippen LogP contribution in [0.5, 0.6) is 0 Å². The first-order valence-corrected chi connectivity index (χ1v) is 4.51. The molecule has 0 aliphatic carbocycles. The van der Waals surface area contributed by atoms with E-state index in [0.717, 1.165) is 17.1 Å². The highest BCUT2D eigenvalue weighted by atomic mass is 32.1. The molecule has 2 rings (SSSR count). The van der Waals surface area contributed by atoms with E-state index in [9.17, 15) is 0 Å². The number of nitrogens with zero attached hydrogens (tertiary/aromatic N) is 1. The summed E-state index contributed by atoms with van der Waals surface area (Å²) in [6.07, 6.45) is 0. The number of nitrogen functional groups attached to an aromatic ring is 1. The van der Waals surface area contributed by atoms with Crippen LogP contribution >= 0.6 is 11.3 Å². The lowest BCUT2D eigenvalue weighted by Crippen LogP contribution is -1.93. The summed E-state index contributed by atoms with van der Waals surface area (Å²) in [6.45, 7) is 2.86. The van der Waals surface area contributed by atoms with Crippen LogP contribution in [0.15, 0.2) is 10.5 Å². The van der Waals surface area contributed by atoms with Crippen molar-refractivity contribution >= 4 is 32.8 Å². The molecule has 0 fully saturated rings. The van der Waals surface area contributed by atoms with Gasteiger partial charge in [-0.3, -0.25) is 0 Å². The molecular weight excluding hydrogens is 174 g/mol. The Morgan fingerprint density at radius 2 is 2.58 bits per heavy atom. The third-order valence-corrected chi connectivity index (χ3v) is 2.27. The number of thiazole rings is 1. The molecule has 0 aliphatic heterocycles. The zero-order chi connectivity index (χ0) is 8.55. The predicted octanol–water partition coefficient (Wildman–Crippen LogP) is 1.90. The van der Waals surface area contributed by atoms with Crippen molar-refractivity contribution in [2.24, 2.45) is 0 Å². The second kappa shape index (κ2) is 2.67. The Morgan fingerprint density at radius 3 is 3.25 bits per heavy atom. The molecule has 0 unspecified atom stereocenters. The van der Waals surface area contributed by atoms with Gasteiger partial charge in [0.1, 0.15) is 0 Å². The molecule has 0 bridgehead atoms. The minimum absolute atomic E-state index is 0.548. The second-order valence-corrected chi connectivity index (χ2v) is 3.42. The molecule has 64 valence electrons. The summed E-state index contributed by atoms with van der Waals surface area (Å²) >= 11 is 1.43. The molecule has 2 aromatic rings. The van der Waals surface area contributed by atoms with Crippen molar-refractivity contribution in [1.29, 1.82) is 0 Å². The van der Waals surface area contributed by atoms with Crippen LogP contribution in [0.3, 0.4) is 0 Å². The fourth-order valence-corrected chi connectivity index (χ4v) is 1.71. The lowest BCUT2D eigenvalue weighted by atomic mass is 10.6. The first-order chi connectivity index (χ1) is 5.79. The van der Waals surface area contributed by atoms with Gasteiger partial charge in [-0.05, 0) is 6.92 Å². The van der Waals surface area contributed by atoms with Gasteiger partial charge in [0.05, 0.1) is 4.70 Å². The fourth-order valence-electron chi connectivity index (χ4n) is 1.01. The van der Waals surface area contributed by atoms with Crippen molar-refractivity contribution in [1.82, 2.24) is 4.98 Å². The van der Waals surface area contributed by atoms with E-state index in [4.69, 9.17) is 10.2 Å². The van der Waals surface area contributed by atoms with Crippen LogP contribution in [0.1, 0.15) is 6.92 Å². The molecule has 5 heteroatoms. The molecule has 0 atom stereocenters. The molecule has 4 nitrogen and oxygen atoms in total. The summed E-state index contributed by atoms with van der Waals surface area (Å²) in [5.74, 6) is 0.756. The van der Waals surface area contributed by atoms with Gasteiger partial charge >= 0.3 is 0 Å². The Hall–Kier alpha value is -1.23. The Bertz CT molecular complexity index is 361. The number of furan rings is 1. The molecule has 0 saturated heterocycles. The predicted molar refractivity (Wildman–Crippen MR) is 50.5 cm³/mol. The van der Waals surface area contributed by atoms with Crippen LogP contribution in [0.25, 0.3) is 10.4 Å². The Kier molecular flexibility index (Phi) is 1.65. The Morgan fingerprint density at radius 1 is 1.75 bits per heavy atom. The van der Waals surface area contributed by atoms with Crippen LogP contribution < -0.4 is 11.1 Å². The van der Waals surface area contributed by atoms with Gasteiger partial charge in [-0.25, -0.2) is 0 Å². The highest BCUT2D eigenvalue weighted by Crippen LogP contribution is 2.29. The zero-order valence-corrected chi connectivity index (χ0v) is 7.44. The maximum Gasteiger partial charge on any atom is 0.241 e. The van der Waals surface area contributed by atoms with Crippen LogP contribution in [0.4, 0.5) is 11.0 Å². The first kappa shape index (κ1) is 7.42. The molecule has 0 aliphatic rings. The lowest BCUT2D eigenvalue weighted by molar-refractivity contribution is 0.617. The van der Waals surface area contributed by atoms with E-state index in [1.54, 1.807) is 0 Å². The number of nitrogens with one attached hydrogen (secondary N) is 1. The number of aromatic nitrogens is 1. The Labute approximate surface area is 73.4 Å². The van der Waals surface area contributed by atoms with E-state index in [2.05, 4.69) is 10.3 Å². The molecule has 2 aromatic heterocycles.